The first-order valence-corrected chi connectivity index (χ1v) is 9.40. The fourth-order valence-corrected chi connectivity index (χ4v) is 3.55. The van der Waals surface area contributed by atoms with Crippen LogP contribution in [0.3, 0.4) is 0 Å². The van der Waals surface area contributed by atoms with E-state index in [4.69, 9.17) is 9.15 Å². The Morgan fingerprint density at radius 3 is 2.75 bits per heavy atom. The summed E-state index contributed by atoms with van der Waals surface area (Å²) >= 11 is 0. The third kappa shape index (κ3) is 3.85. The smallest absolute Gasteiger partial charge is 0.267 e. The van der Waals surface area contributed by atoms with Gasteiger partial charge in [0, 0.05) is 25.0 Å². The number of aryl methyl sites for hydroxylation is 1. The van der Waals surface area contributed by atoms with Crippen molar-refractivity contribution in [3.8, 4) is 0 Å². The van der Waals surface area contributed by atoms with Crippen molar-refractivity contribution in [1.82, 2.24) is 15.2 Å². The molecule has 3 heterocycles. The molecular formula is C21H23N3O4. The normalized spacial score (nSPS) is 16.2. The Morgan fingerprint density at radius 2 is 2.00 bits per heavy atom. The molecule has 7 nitrogen and oxygen atoms in total. The van der Waals surface area contributed by atoms with E-state index in [1.54, 1.807) is 18.2 Å². The number of carbonyl (C=O) groups is 1. The zero-order chi connectivity index (χ0) is 19.5. The van der Waals surface area contributed by atoms with Crippen LogP contribution in [-0.4, -0.2) is 48.6 Å². The van der Waals surface area contributed by atoms with Gasteiger partial charge in [-0.2, -0.15) is 0 Å². The SMILES string of the molecule is Cc1ccc(C(CNC(=O)c2cc3ccccc3c(=O)[nH]2)N2CCOCC2)o1. The van der Waals surface area contributed by atoms with Gasteiger partial charge >= 0.3 is 0 Å². The van der Waals surface area contributed by atoms with Crippen LogP contribution >= 0.6 is 0 Å². The van der Waals surface area contributed by atoms with Crippen molar-refractivity contribution in [3.05, 3.63) is 70.0 Å². The Morgan fingerprint density at radius 1 is 1.21 bits per heavy atom. The first-order chi connectivity index (χ1) is 13.6. The van der Waals surface area contributed by atoms with Crippen LogP contribution in [0, 0.1) is 6.92 Å². The lowest BCUT2D eigenvalue weighted by atomic mass is 10.1. The zero-order valence-electron chi connectivity index (χ0n) is 15.7. The van der Waals surface area contributed by atoms with E-state index < -0.39 is 0 Å². The molecule has 1 fully saturated rings. The predicted molar refractivity (Wildman–Crippen MR) is 105 cm³/mol. The average Bonchev–Trinajstić information content (AvgIpc) is 3.15. The summed E-state index contributed by atoms with van der Waals surface area (Å²) in [7, 11) is 0. The zero-order valence-corrected chi connectivity index (χ0v) is 15.7. The second-order valence-corrected chi connectivity index (χ2v) is 6.92. The van der Waals surface area contributed by atoms with Crippen molar-refractivity contribution in [3.63, 3.8) is 0 Å². The van der Waals surface area contributed by atoms with Gasteiger partial charge < -0.3 is 19.5 Å². The minimum atomic E-state index is -0.315. The Hall–Kier alpha value is -2.90. The molecule has 1 unspecified atom stereocenters. The minimum Gasteiger partial charge on any atom is -0.465 e. The Bertz CT molecular complexity index is 1030. The summed E-state index contributed by atoms with van der Waals surface area (Å²) in [4.78, 5) is 29.9. The average molecular weight is 381 g/mol. The van der Waals surface area contributed by atoms with Gasteiger partial charge in [0.25, 0.3) is 11.5 Å². The summed E-state index contributed by atoms with van der Waals surface area (Å²) in [6, 6.07) is 12.7. The number of ether oxygens (including phenoxy) is 1. The lowest BCUT2D eigenvalue weighted by Gasteiger charge is -2.33. The highest BCUT2D eigenvalue weighted by atomic mass is 16.5. The van der Waals surface area contributed by atoms with Crippen LogP contribution in [0.2, 0.25) is 0 Å². The maximum atomic E-state index is 12.7. The molecule has 1 amide bonds. The third-order valence-corrected chi connectivity index (χ3v) is 5.03. The van der Waals surface area contributed by atoms with E-state index in [1.165, 1.54) is 0 Å². The topological polar surface area (TPSA) is 87.6 Å². The van der Waals surface area contributed by atoms with E-state index in [0.29, 0.717) is 25.1 Å². The molecule has 0 radical (unpaired) electrons. The summed E-state index contributed by atoms with van der Waals surface area (Å²) in [5.74, 6) is 1.33. The largest absolute Gasteiger partial charge is 0.465 e. The number of H-pyrrole nitrogens is 1. The minimum absolute atomic E-state index is 0.0891. The number of fused-ring (bicyclic) bond motifs is 1. The van der Waals surface area contributed by atoms with Crippen LogP contribution in [-0.2, 0) is 4.74 Å². The van der Waals surface area contributed by atoms with Crippen molar-refractivity contribution in [2.45, 2.75) is 13.0 Å². The standard InChI is InChI=1S/C21H23N3O4/c1-14-6-7-19(28-14)18(24-8-10-27-11-9-24)13-22-21(26)17-12-15-4-2-3-5-16(15)20(25)23-17/h2-7,12,18H,8-11,13H2,1H3,(H,22,26)(H,23,25). The van der Waals surface area contributed by atoms with Crippen LogP contribution in [0.4, 0.5) is 0 Å². The molecule has 1 aliphatic heterocycles. The second-order valence-electron chi connectivity index (χ2n) is 6.92. The first kappa shape index (κ1) is 18.5. The number of hydrogen-bond acceptors (Lipinski definition) is 5. The Balaban J connectivity index is 1.53. The number of morpholine rings is 1. The van der Waals surface area contributed by atoms with Crippen LogP contribution in [0.15, 0.2) is 51.7 Å². The third-order valence-electron chi connectivity index (χ3n) is 5.03. The maximum Gasteiger partial charge on any atom is 0.267 e. The predicted octanol–water partition coefficient (Wildman–Crippen LogP) is 2.23. The Labute approximate surface area is 162 Å². The molecule has 1 aliphatic rings. The number of pyridine rings is 1. The van der Waals surface area contributed by atoms with Gasteiger partial charge in [-0.15, -0.1) is 0 Å². The molecule has 1 atom stereocenters. The molecule has 0 saturated carbocycles. The molecule has 146 valence electrons. The molecule has 2 N–H and O–H groups in total. The van der Waals surface area contributed by atoms with Crippen molar-refractivity contribution in [1.29, 1.82) is 0 Å². The summed E-state index contributed by atoms with van der Waals surface area (Å²) in [5, 5.41) is 4.25. The quantitative estimate of drug-likeness (QED) is 0.708. The summed E-state index contributed by atoms with van der Waals surface area (Å²) in [6.45, 7) is 5.13. The molecule has 4 rings (SSSR count). The van der Waals surface area contributed by atoms with Gasteiger partial charge in [-0.3, -0.25) is 14.5 Å². The highest BCUT2D eigenvalue weighted by Gasteiger charge is 2.26. The van der Waals surface area contributed by atoms with Gasteiger partial charge in [-0.05, 0) is 36.6 Å². The summed E-state index contributed by atoms with van der Waals surface area (Å²) in [6.07, 6.45) is 0. The number of aromatic nitrogens is 1. The van der Waals surface area contributed by atoms with Gasteiger partial charge in [0.15, 0.2) is 0 Å². The van der Waals surface area contributed by atoms with Gasteiger partial charge in [-0.25, -0.2) is 0 Å². The maximum absolute atomic E-state index is 12.7. The van der Waals surface area contributed by atoms with Gasteiger partial charge in [0.2, 0.25) is 0 Å². The second kappa shape index (κ2) is 8.00. The number of aromatic amines is 1. The lowest BCUT2D eigenvalue weighted by molar-refractivity contribution is 0.0117. The molecule has 28 heavy (non-hydrogen) atoms. The van der Waals surface area contributed by atoms with Gasteiger partial charge in [-0.1, -0.05) is 18.2 Å². The number of nitrogens with zero attached hydrogens (tertiary/aromatic N) is 1. The molecule has 0 spiro atoms. The number of nitrogens with one attached hydrogen (secondary N) is 2. The highest BCUT2D eigenvalue weighted by molar-refractivity contribution is 5.96. The van der Waals surface area contributed by atoms with E-state index >= 15 is 0 Å². The van der Waals surface area contributed by atoms with Crippen LogP contribution in [0.25, 0.3) is 10.8 Å². The van der Waals surface area contributed by atoms with Gasteiger partial charge in [0.05, 0.1) is 19.3 Å². The highest BCUT2D eigenvalue weighted by Crippen LogP contribution is 2.23. The van der Waals surface area contributed by atoms with Crippen molar-refractivity contribution < 1.29 is 13.9 Å². The van der Waals surface area contributed by atoms with E-state index in [9.17, 15) is 9.59 Å². The number of hydrogen-bond donors (Lipinski definition) is 2. The van der Waals surface area contributed by atoms with Gasteiger partial charge in [0.1, 0.15) is 17.2 Å². The number of furan rings is 1. The van der Waals surface area contributed by atoms with E-state index in [0.717, 1.165) is 30.0 Å². The monoisotopic (exact) mass is 381 g/mol. The molecule has 7 heteroatoms. The van der Waals surface area contributed by atoms with Crippen molar-refractivity contribution in [2.75, 3.05) is 32.8 Å². The number of rotatable bonds is 5. The number of amides is 1. The fraction of sp³-hybridized carbons (Fsp3) is 0.333. The molecule has 3 aromatic rings. The van der Waals surface area contributed by atoms with Crippen LogP contribution < -0.4 is 10.9 Å². The lowest BCUT2D eigenvalue weighted by Crippen LogP contribution is -2.43. The van der Waals surface area contributed by atoms with E-state index in [1.807, 2.05) is 31.2 Å². The van der Waals surface area contributed by atoms with Crippen molar-refractivity contribution in [2.24, 2.45) is 0 Å². The molecule has 1 saturated heterocycles. The number of carbonyl (C=O) groups excluding carboxylic acids is 1. The molecule has 0 bridgehead atoms. The van der Waals surface area contributed by atoms with E-state index in [2.05, 4.69) is 15.2 Å². The summed E-state index contributed by atoms with van der Waals surface area (Å²) < 4.78 is 11.3. The fourth-order valence-electron chi connectivity index (χ4n) is 3.55. The summed E-state index contributed by atoms with van der Waals surface area (Å²) in [5.41, 5.74) is -0.0188. The van der Waals surface area contributed by atoms with Crippen LogP contribution in [0.5, 0.6) is 0 Å². The first-order valence-electron chi connectivity index (χ1n) is 9.40. The molecule has 0 aliphatic carbocycles. The van der Waals surface area contributed by atoms with Crippen molar-refractivity contribution >= 4 is 16.7 Å². The molecule has 2 aromatic heterocycles. The van der Waals surface area contributed by atoms with E-state index in [-0.39, 0.29) is 23.2 Å². The molecular weight excluding hydrogens is 358 g/mol. The Kier molecular flexibility index (Phi) is 5.27. The van der Waals surface area contributed by atoms with Crippen LogP contribution in [0.1, 0.15) is 28.1 Å². The molecule has 1 aromatic carbocycles. The number of benzene rings is 1.